The summed E-state index contributed by atoms with van der Waals surface area (Å²) in [5.41, 5.74) is 4.66. The largest absolute Gasteiger partial charge is 0.444 e. The number of carbonyl (C=O) groups is 2. The molecule has 2 rings (SSSR count). The van der Waals surface area contributed by atoms with Crippen LogP contribution in [0.4, 0.5) is 10.6 Å². The van der Waals surface area contributed by atoms with Crippen LogP contribution in [0.1, 0.15) is 33.6 Å². The number of anilines is 1. The number of nitrogens with zero attached hydrogens (tertiary/aromatic N) is 3. The van der Waals surface area contributed by atoms with E-state index in [1.807, 2.05) is 20.8 Å². The Kier molecular flexibility index (Phi) is 5.82. The predicted octanol–water partition coefficient (Wildman–Crippen LogP) is 2.22. The number of hydrazine groups is 1. The molecule has 24 heavy (non-hydrogen) atoms. The van der Waals surface area contributed by atoms with Crippen molar-refractivity contribution in [1.29, 1.82) is 0 Å². The smallest absolute Gasteiger partial charge is 0.410 e. The van der Waals surface area contributed by atoms with Gasteiger partial charge in [-0.2, -0.15) is 0 Å². The van der Waals surface area contributed by atoms with Gasteiger partial charge in [0.2, 0.25) is 5.91 Å². The summed E-state index contributed by atoms with van der Waals surface area (Å²) in [5, 5.41) is 0.164. The van der Waals surface area contributed by atoms with E-state index < -0.39 is 11.7 Å². The molecule has 1 fully saturated rings. The van der Waals surface area contributed by atoms with Crippen LogP contribution in [0.25, 0.3) is 0 Å². The molecule has 1 saturated heterocycles. The van der Waals surface area contributed by atoms with Gasteiger partial charge in [0.25, 0.3) is 0 Å². The lowest BCUT2D eigenvalue weighted by Crippen LogP contribution is -2.47. The molecule has 1 atom stereocenters. The van der Waals surface area contributed by atoms with Crippen LogP contribution in [0.2, 0.25) is 5.15 Å². The van der Waals surface area contributed by atoms with Crippen LogP contribution in [0.3, 0.4) is 0 Å². The predicted molar refractivity (Wildman–Crippen MR) is 89.3 cm³/mol. The van der Waals surface area contributed by atoms with Crippen LogP contribution in [0, 0.1) is 5.92 Å². The van der Waals surface area contributed by atoms with Crippen molar-refractivity contribution in [3.05, 3.63) is 17.5 Å². The number of halogens is 1. The van der Waals surface area contributed by atoms with Crippen molar-refractivity contribution in [2.24, 2.45) is 5.92 Å². The molecule has 0 spiro atoms. The van der Waals surface area contributed by atoms with E-state index in [9.17, 15) is 9.59 Å². The van der Waals surface area contributed by atoms with E-state index in [4.69, 9.17) is 16.3 Å². The van der Waals surface area contributed by atoms with Crippen molar-refractivity contribution < 1.29 is 14.3 Å². The molecule has 2 amide bonds. The Morgan fingerprint density at radius 2 is 2.04 bits per heavy atom. The lowest BCUT2D eigenvalue weighted by atomic mass is 9.98. The Bertz CT molecular complexity index is 605. The van der Waals surface area contributed by atoms with Crippen molar-refractivity contribution in [3.63, 3.8) is 0 Å². The number of ether oxygens (including phenoxy) is 1. The molecular weight excluding hydrogens is 334 g/mol. The Morgan fingerprint density at radius 3 is 2.71 bits per heavy atom. The zero-order chi connectivity index (χ0) is 17.7. The summed E-state index contributed by atoms with van der Waals surface area (Å²) in [4.78, 5) is 33.8. The fourth-order valence-electron chi connectivity index (χ4n) is 2.31. The minimum absolute atomic E-state index is 0.164. The van der Waals surface area contributed by atoms with Crippen LogP contribution in [-0.4, -0.2) is 45.6 Å². The summed E-state index contributed by atoms with van der Waals surface area (Å²) in [5.74, 6) is -0.286. The van der Waals surface area contributed by atoms with Crippen molar-refractivity contribution in [1.82, 2.24) is 20.3 Å². The number of hydrogen-bond donors (Lipinski definition) is 2. The fourth-order valence-corrected chi connectivity index (χ4v) is 2.46. The highest BCUT2D eigenvalue weighted by atomic mass is 35.5. The molecule has 0 unspecified atom stereocenters. The number of amides is 2. The highest BCUT2D eigenvalue weighted by molar-refractivity contribution is 6.31. The first-order valence-electron chi connectivity index (χ1n) is 7.76. The Morgan fingerprint density at radius 1 is 1.33 bits per heavy atom. The number of hydrogen-bond acceptors (Lipinski definition) is 6. The van der Waals surface area contributed by atoms with Crippen molar-refractivity contribution >= 4 is 29.4 Å². The molecule has 0 aliphatic carbocycles. The molecule has 0 bridgehead atoms. The van der Waals surface area contributed by atoms with Gasteiger partial charge in [-0.3, -0.25) is 15.6 Å². The van der Waals surface area contributed by atoms with Gasteiger partial charge in [0.1, 0.15) is 5.60 Å². The zero-order valence-corrected chi connectivity index (χ0v) is 14.8. The normalized spacial score (nSPS) is 18.0. The van der Waals surface area contributed by atoms with Gasteiger partial charge in [0.15, 0.2) is 11.0 Å². The first kappa shape index (κ1) is 18.3. The quantitative estimate of drug-likeness (QED) is 0.807. The van der Waals surface area contributed by atoms with Crippen molar-refractivity contribution in [3.8, 4) is 0 Å². The molecule has 2 heterocycles. The van der Waals surface area contributed by atoms with Gasteiger partial charge in [0, 0.05) is 25.5 Å². The summed E-state index contributed by atoms with van der Waals surface area (Å²) < 4.78 is 5.35. The molecule has 1 aromatic rings. The summed E-state index contributed by atoms with van der Waals surface area (Å²) in [6.07, 6.45) is 3.95. The third-order valence-electron chi connectivity index (χ3n) is 3.40. The summed E-state index contributed by atoms with van der Waals surface area (Å²) in [6, 6.07) is 0. The average molecular weight is 356 g/mol. The van der Waals surface area contributed by atoms with E-state index in [2.05, 4.69) is 20.8 Å². The maximum atomic E-state index is 12.3. The van der Waals surface area contributed by atoms with Gasteiger partial charge in [0.05, 0.1) is 5.92 Å². The lowest BCUT2D eigenvalue weighted by Gasteiger charge is -2.33. The maximum Gasteiger partial charge on any atom is 0.410 e. The number of nitrogens with one attached hydrogen (secondary N) is 2. The molecule has 0 radical (unpaired) electrons. The van der Waals surface area contributed by atoms with Crippen LogP contribution < -0.4 is 10.9 Å². The van der Waals surface area contributed by atoms with E-state index in [0.717, 1.165) is 6.42 Å². The number of carbonyl (C=O) groups excluding carboxylic acids is 2. The van der Waals surface area contributed by atoms with Crippen LogP contribution in [-0.2, 0) is 9.53 Å². The third kappa shape index (κ3) is 5.23. The second-order valence-electron chi connectivity index (χ2n) is 6.58. The number of aromatic nitrogens is 2. The number of rotatable bonds is 3. The van der Waals surface area contributed by atoms with E-state index in [1.165, 1.54) is 12.4 Å². The molecule has 2 N–H and O–H groups in total. The van der Waals surface area contributed by atoms with Crippen LogP contribution in [0.15, 0.2) is 12.4 Å². The molecule has 8 nitrogen and oxygen atoms in total. The highest BCUT2D eigenvalue weighted by Gasteiger charge is 2.31. The van der Waals surface area contributed by atoms with Gasteiger partial charge < -0.3 is 9.64 Å². The number of piperidine rings is 1. The van der Waals surface area contributed by atoms with Crippen molar-refractivity contribution in [2.45, 2.75) is 39.2 Å². The van der Waals surface area contributed by atoms with Gasteiger partial charge in [-0.1, -0.05) is 11.6 Å². The van der Waals surface area contributed by atoms with Crippen LogP contribution in [0.5, 0.6) is 0 Å². The summed E-state index contributed by atoms with van der Waals surface area (Å²) in [7, 11) is 0. The standard InChI is InChI=1S/C15H22ClN5O3/c1-15(2,3)24-14(23)21-8-4-5-10(9-21)13(22)20-19-12-11(16)17-6-7-18-12/h6-7,10H,4-5,8-9H2,1-3H3,(H,18,19)(H,20,22)/t10-/m0/s1. The Labute approximate surface area is 145 Å². The second kappa shape index (κ2) is 7.65. The summed E-state index contributed by atoms with van der Waals surface area (Å²) >= 11 is 5.86. The highest BCUT2D eigenvalue weighted by Crippen LogP contribution is 2.20. The van der Waals surface area contributed by atoms with E-state index in [1.54, 1.807) is 4.90 Å². The van der Waals surface area contributed by atoms with Crippen LogP contribution >= 0.6 is 11.6 Å². The summed E-state index contributed by atoms with van der Waals surface area (Å²) in [6.45, 7) is 6.34. The third-order valence-corrected chi connectivity index (χ3v) is 3.68. The van der Waals surface area contributed by atoms with Crippen molar-refractivity contribution in [2.75, 3.05) is 18.5 Å². The first-order chi connectivity index (χ1) is 11.3. The number of likely N-dealkylation sites (tertiary alicyclic amines) is 1. The molecule has 0 aromatic carbocycles. The molecule has 1 aliphatic heterocycles. The van der Waals surface area contributed by atoms with Gasteiger partial charge in [-0.05, 0) is 33.6 Å². The zero-order valence-electron chi connectivity index (χ0n) is 14.0. The maximum absolute atomic E-state index is 12.3. The van der Waals surface area contributed by atoms with E-state index >= 15 is 0 Å². The molecule has 1 aromatic heterocycles. The SMILES string of the molecule is CC(C)(C)OC(=O)N1CCC[C@H](C(=O)NNc2nccnc2Cl)C1. The fraction of sp³-hybridized carbons (Fsp3) is 0.600. The topological polar surface area (TPSA) is 96.5 Å². The van der Waals surface area contributed by atoms with E-state index in [-0.39, 0.29) is 22.8 Å². The second-order valence-corrected chi connectivity index (χ2v) is 6.93. The lowest BCUT2D eigenvalue weighted by molar-refractivity contribution is -0.126. The van der Waals surface area contributed by atoms with Gasteiger partial charge in [-0.25, -0.2) is 14.8 Å². The molecule has 9 heteroatoms. The Balaban J connectivity index is 1.88. The van der Waals surface area contributed by atoms with E-state index in [0.29, 0.717) is 19.5 Å². The first-order valence-corrected chi connectivity index (χ1v) is 8.14. The Hall–Kier alpha value is -2.09. The molecule has 132 valence electrons. The minimum atomic E-state index is -0.559. The van der Waals surface area contributed by atoms with Gasteiger partial charge >= 0.3 is 6.09 Å². The monoisotopic (exact) mass is 355 g/mol. The molecule has 0 saturated carbocycles. The van der Waals surface area contributed by atoms with Gasteiger partial charge in [-0.15, -0.1) is 0 Å². The average Bonchev–Trinajstić information content (AvgIpc) is 2.52. The molecule has 1 aliphatic rings. The minimum Gasteiger partial charge on any atom is -0.444 e. The molecular formula is C15H22ClN5O3.